The lowest BCUT2D eigenvalue weighted by atomic mass is 9.82. The Morgan fingerprint density at radius 2 is 0.474 bits per heavy atom. The third kappa shape index (κ3) is 14.8. The van der Waals surface area contributed by atoms with E-state index in [2.05, 4.69) is 0 Å². The third-order valence-corrected chi connectivity index (χ3v) is 12.3. The van der Waals surface area contributed by atoms with Crippen molar-refractivity contribution in [2.45, 2.75) is 12.8 Å². The van der Waals surface area contributed by atoms with Gasteiger partial charge in [-0.15, -0.1) is 0 Å². The van der Waals surface area contributed by atoms with E-state index >= 15 is 0 Å². The van der Waals surface area contributed by atoms with Gasteiger partial charge in [-0.3, -0.25) is 19.2 Å². The Labute approximate surface area is 441 Å². The molecule has 0 bridgehead atoms. The zero-order valence-corrected chi connectivity index (χ0v) is 43.8. The molecule has 0 spiro atoms. The van der Waals surface area contributed by atoms with Crippen molar-refractivity contribution in [2.24, 2.45) is 0 Å². The van der Waals surface area contributed by atoms with Gasteiger partial charge in [0, 0.05) is 61.5 Å². The zero-order chi connectivity index (χ0) is 53.5. The standard InChI is InChI=1S/C54H70N2O20/c1-61-13-17-65-21-25-69-29-33-73-53(74-34-30-70-26-22-66-18-14-62-2)55-49(57)41-9-5-37-39-7-11-43-48-44(12-8-40(46(39)48)38-6-10-42(50(55)58)47(41)45(37)38)52(60)56(51(43)59)54(75-35-31-71-27-23-67-19-15-63-3)76-36-32-72-28-24-68-20-16-64-4/h5-12,53-54H,13-36H2,1-4H3. The molecule has 22 nitrogen and oxygen atoms in total. The maximum absolute atomic E-state index is 14.6. The van der Waals surface area contributed by atoms with Crippen LogP contribution in [0.1, 0.15) is 41.4 Å². The molecule has 0 fully saturated rings. The number of benzene rings is 5. The fourth-order valence-electron chi connectivity index (χ4n) is 8.77. The predicted molar refractivity (Wildman–Crippen MR) is 274 cm³/mol. The van der Waals surface area contributed by atoms with E-state index in [1.165, 1.54) is 0 Å². The number of hydrogen-bond acceptors (Lipinski definition) is 20. The average Bonchev–Trinajstić information content (AvgIpc) is 3.62. The highest BCUT2D eigenvalue weighted by Gasteiger charge is 2.42. The molecular weight excluding hydrogens is 997 g/mol. The van der Waals surface area contributed by atoms with Gasteiger partial charge in [-0.05, 0) is 56.6 Å². The first-order chi connectivity index (χ1) is 37.4. The fourth-order valence-corrected chi connectivity index (χ4v) is 8.77. The van der Waals surface area contributed by atoms with Gasteiger partial charge in [0.1, 0.15) is 0 Å². The molecule has 2 heterocycles. The van der Waals surface area contributed by atoms with Crippen LogP contribution in [-0.4, -0.2) is 233 Å². The van der Waals surface area contributed by atoms with Crippen molar-refractivity contribution >= 4 is 66.7 Å². The number of fused-ring (bicyclic) bond motifs is 2. The molecule has 5 aromatic rings. The van der Waals surface area contributed by atoms with E-state index in [0.717, 1.165) is 31.3 Å². The molecule has 0 radical (unpaired) electrons. The number of nitrogens with zero attached hydrogens (tertiary/aromatic N) is 2. The van der Waals surface area contributed by atoms with E-state index < -0.39 is 36.5 Å². The average molecular weight is 1070 g/mol. The first-order valence-electron chi connectivity index (χ1n) is 25.4. The van der Waals surface area contributed by atoms with Crippen LogP contribution in [0.2, 0.25) is 0 Å². The molecule has 76 heavy (non-hydrogen) atoms. The van der Waals surface area contributed by atoms with Crippen molar-refractivity contribution in [3.8, 4) is 0 Å². The first kappa shape index (κ1) is 58.7. The first-order valence-corrected chi connectivity index (χ1v) is 25.4. The molecule has 0 atom stereocenters. The smallest absolute Gasteiger partial charge is 0.265 e. The van der Waals surface area contributed by atoms with Gasteiger partial charge in [-0.25, -0.2) is 9.80 Å². The Morgan fingerprint density at radius 1 is 0.276 bits per heavy atom. The summed E-state index contributed by atoms with van der Waals surface area (Å²) in [5, 5.41) is 5.16. The molecular formula is C54H70N2O20. The van der Waals surface area contributed by atoms with Gasteiger partial charge in [0.2, 0.25) is 12.8 Å². The minimum atomic E-state index is -1.42. The quantitative estimate of drug-likeness (QED) is 0.0175. The lowest BCUT2D eigenvalue weighted by Crippen LogP contribution is -2.50. The minimum Gasteiger partial charge on any atom is -0.382 e. The maximum Gasteiger partial charge on any atom is 0.265 e. The summed E-state index contributed by atoms with van der Waals surface area (Å²) < 4.78 is 88.8. The molecule has 2 aliphatic rings. The Bertz CT molecular complexity index is 2290. The lowest BCUT2D eigenvalue weighted by Gasteiger charge is -2.34. The van der Waals surface area contributed by atoms with Crippen molar-refractivity contribution in [2.75, 3.05) is 187 Å². The molecule has 22 heteroatoms. The van der Waals surface area contributed by atoms with Gasteiger partial charge in [-0.1, -0.05) is 24.3 Å². The van der Waals surface area contributed by atoms with Crippen molar-refractivity contribution in [3.05, 3.63) is 70.8 Å². The maximum atomic E-state index is 14.6. The van der Waals surface area contributed by atoms with Gasteiger partial charge < -0.3 is 75.8 Å². The van der Waals surface area contributed by atoms with Crippen molar-refractivity contribution in [1.29, 1.82) is 0 Å². The van der Waals surface area contributed by atoms with Crippen LogP contribution in [0.5, 0.6) is 0 Å². The summed E-state index contributed by atoms with van der Waals surface area (Å²) in [6.07, 6.45) is -2.84. The molecule has 416 valence electrons. The molecule has 5 aromatic carbocycles. The normalized spacial score (nSPS) is 13.8. The second-order valence-corrected chi connectivity index (χ2v) is 17.1. The van der Waals surface area contributed by atoms with Gasteiger partial charge in [0.15, 0.2) is 0 Å². The van der Waals surface area contributed by atoms with Crippen LogP contribution in [0.15, 0.2) is 48.5 Å². The largest absolute Gasteiger partial charge is 0.382 e. The number of carbonyl (C=O) groups is 4. The number of hydrogen-bond donors (Lipinski definition) is 0. The van der Waals surface area contributed by atoms with Crippen LogP contribution in [-0.2, 0) is 75.8 Å². The van der Waals surface area contributed by atoms with Crippen LogP contribution >= 0.6 is 0 Å². The minimum absolute atomic E-state index is 0.00861. The van der Waals surface area contributed by atoms with Crippen molar-refractivity contribution < 1.29 is 95.0 Å². The molecule has 0 unspecified atom stereocenters. The van der Waals surface area contributed by atoms with E-state index in [1.54, 1.807) is 52.7 Å². The summed E-state index contributed by atoms with van der Waals surface area (Å²) in [4.78, 5) is 60.5. The molecule has 0 saturated heterocycles. The predicted octanol–water partition coefficient (Wildman–Crippen LogP) is 4.28. The summed E-state index contributed by atoms with van der Waals surface area (Å²) in [6, 6.07) is 14.0. The van der Waals surface area contributed by atoms with E-state index in [1.807, 2.05) is 24.3 Å². The van der Waals surface area contributed by atoms with E-state index in [9.17, 15) is 19.2 Å². The molecule has 0 aliphatic carbocycles. The number of imide groups is 2. The Morgan fingerprint density at radius 3 is 0.684 bits per heavy atom. The third-order valence-electron chi connectivity index (χ3n) is 12.3. The Kier molecular flexibility index (Phi) is 24.3. The second kappa shape index (κ2) is 31.4. The number of rotatable bonds is 42. The topological polar surface area (TPSA) is 222 Å². The van der Waals surface area contributed by atoms with Crippen LogP contribution in [0, 0.1) is 0 Å². The summed E-state index contributed by atoms with van der Waals surface area (Å²) >= 11 is 0. The monoisotopic (exact) mass is 1070 g/mol. The van der Waals surface area contributed by atoms with Crippen LogP contribution in [0.25, 0.3) is 43.1 Å². The molecule has 0 N–H and O–H groups in total. The summed E-state index contributed by atoms with van der Waals surface area (Å²) in [5.74, 6) is -2.46. The van der Waals surface area contributed by atoms with Gasteiger partial charge in [-0.2, -0.15) is 0 Å². The summed E-state index contributed by atoms with van der Waals surface area (Å²) in [5.41, 5.74) is 1.07. The van der Waals surface area contributed by atoms with E-state index in [-0.39, 0.29) is 75.1 Å². The van der Waals surface area contributed by atoms with Crippen molar-refractivity contribution in [1.82, 2.24) is 9.80 Å². The summed E-state index contributed by atoms with van der Waals surface area (Å²) in [6.45, 7) is 6.65. The number of methoxy groups -OCH3 is 4. The number of amides is 4. The van der Waals surface area contributed by atoms with Crippen molar-refractivity contribution in [3.63, 3.8) is 0 Å². The number of ether oxygens (including phenoxy) is 16. The van der Waals surface area contributed by atoms with E-state index in [4.69, 9.17) is 75.8 Å². The SMILES string of the molecule is COCCOCCOCCOC(OCCOCCOCCOC)N1C(=O)c2ccc3c4ccc5c6c(ccc(c7ccc(c2c37)C1=O)c64)C(=O)N(C(OCCOCCOCCOC)OCCOCCOCCOC)C5=O. The highest BCUT2D eigenvalue weighted by atomic mass is 16.7. The molecule has 4 amide bonds. The second-order valence-electron chi connectivity index (χ2n) is 17.1. The molecule has 0 saturated carbocycles. The highest BCUT2D eigenvalue weighted by molar-refractivity contribution is 6.41. The van der Waals surface area contributed by atoms with Crippen LogP contribution < -0.4 is 0 Å². The molecule has 2 aliphatic heterocycles. The van der Waals surface area contributed by atoms with Gasteiger partial charge in [0.05, 0.1) is 159 Å². The van der Waals surface area contributed by atoms with Crippen LogP contribution in [0.3, 0.4) is 0 Å². The van der Waals surface area contributed by atoms with Crippen LogP contribution in [0.4, 0.5) is 0 Å². The van der Waals surface area contributed by atoms with E-state index in [0.29, 0.717) is 127 Å². The van der Waals surface area contributed by atoms with Gasteiger partial charge >= 0.3 is 0 Å². The molecule has 0 aromatic heterocycles. The summed E-state index contributed by atoms with van der Waals surface area (Å²) in [7, 11) is 6.37. The molecule has 7 rings (SSSR count). The fraction of sp³-hybridized carbons (Fsp3) is 0.556. The Hall–Kier alpha value is -4.96. The zero-order valence-electron chi connectivity index (χ0n) is 43.8. The lowest BCUT2D eigenvalue weighted by molar-refractivity contribution is -0.207. The Balaban J connectivity index is 1.11. The highest BCUT2D eigenvalue weighted by Crippen LogP contribution is 2.46. The van der Waals surface area contributed by atoms with Gasteiger partial charge in [0.25, 0.3) is 23.6 Å². The number of carbonyl (C=O) groups excluding carboxylic acids is 4.